The Bertz CT molecular complexity index is 227. The predicted octanol–water partition coefficient (Wildman–Crippen LogP) is 4.56. The fraction of sp³-hybridized carbons (Fsp3) is 0.714. The van der Waals surface area contributed by atoms with Crippen molar-refractivity contribution in [3.05, 3.63) is 11.6 Å². The zero-order chi connectivity index (χ0) is 11.0. The van der Waals surface area contributed by atoms with Crippen LogP contribution in [0.5, 0.6) is 0 Å². The van der Waals surface area contributed by atoms with Gasteiger partial charge in [0.1, 0.15) is 0 Å². The number of allylic oxidation sites excluding steroid dienone is 2. The number of hydrogen-bond acceptors (Lipinski definition) is 0. The van der Waals surface area contributed by atoms with Crippen LogP contribution in [0.25, 0.3) is 0 Å². The van der Waals surface area contributed by atoms with Crippen molar-refractivity contribution in [3.8, 4) is 11.8 Å². The Morgan fingerprint density at radius 2 is 1.79 bits per heavy atom. The SMILES string of the molecule is CCC/C=C(/C#CC(C)(C)C)CCC. The zero-order valence-corrected chi connectivity index (χ0v) is 10.4. The summed E-state index contributed by atoms with van der Waals surface area (Å²) in [6, 6.07) is 0. The molecule has 0 spiro atoms. The molecule has 0 saturated carbocycles. The van der Waals surface area contributed by atoms with Gasteiger partial charge in [-0.3, -0.25) is 0 Å². The van der Waals surface area contributed by atoms with Crippen molar-refractivity contribution in [2.24, 2.45) is 5.41 Å². The summed E-state index contributed by atoms with van der Waals surface area (Å²) in [6.07, 6.45) is 6.98. The van der Waals surface area contributed by atoms with Crippen molar-refractivity contribution < 1.29 is 0 Å². The van der Waals surface area contributed by atoms with Crippen molar-refractivity contribution >= 4 is 0 Å². The third-order valence-electron chi connectivity index (χ3n) is 1.80. The van der Waals surface area contributed by atoms with Crippen LogP contribution in [0.4, 0.5) is 0 Å². The van der Waals surface area contributed by atoms with E-state index in [9.17, 15) is 0 Å². The van der Waals surface area contributed by atoms with E-state index >= 15 is 0 Å². The molecule has 0 aliphatic heterocycles. The number of unbranched alkanes of at least 4 members (excludes halogenated alkanes) is 1. The molecule has 0 heteroatoms. The quantitative estimate of drug-likeness (QED) is 0.573. The number of hydrogen-bond donors (Lipinski definition) is 0. The zero-order valence-electron chi connectivity index (χ0n) is 10.4. The molecule has 0 nitrogen and oxygen atoms in total. The van der Waals surface area contributed by atoms with E-state index in [0.717, 1.165) is 12.8 Å². The van der Waals surface area contributed by atoms with Gasteiger partial charge in [0.05, 0.1) is 0 Å². The first-order valence-electron chi connectivity index (χ1n) is 5.71. The minimum Gasteiger partial charge on any atom is -0.0923 e. The molecule has 14 heavy (non-hydrogen) atoms. The van der Waals surface area contributed by atoms with Crippen LogP contribution in [-0.4, -0.2) is 0 Å². The van der Waals surface area contributed by atoms with Gasteiger partial charge in [0.15, 0.2) is 0 Å². The second-order valence-corrected chi connectivity index (χ2v) is 4.77. The maximum Gasteiger partial charge on any atom is 0.0233 e. The first-order chi connectivity index (χ1) is 6.49. The average molecular weight is 192 g/mol. The van der Waals surface area contributed by atoms with E-state index in [1.165, 1.54) is 18.4 Å². The molecule has 0 N–H and O–H groups in total. The summed E-state index contributed by atoms with van der Waals surface area (Å²) < 4.78 is 0. The molecule has 0 amide bonds. The Kier molecular flexibility index (Phi) is 6.37. The lowest BCUT2D eigenvalue weighted by Crippen LogP contribution is -1.99. The lowest BCUT2D eigenvalue weighted by atomic mass is 9.96. The molecule has 0 atom stereocenters. The molecular weight excluding hydrogens is 168 g/mol. The van der Waals surface area contributed by atoms with Crippen LogP contribution in [0.1, 0.15) is 60.3 Å². The highest BCUT2D eigenvalue weighted by Crippen LogP contribution is 2.12. The highest BCUT2D eigenvalue weighted by molar-refractivity contribution is 5.30. The molecule has 80 valence electrons. The van der Waals surface area contributed by atoms with E-state index < -0.39 is 0 Å². The molecule has 0 aliphatic rings. The summed E-state index contributed by atoms with van der Waals surface area (Å²) in [5.41, 5.74) is 1.45. The van der Waals surface area contributed by atoms with Gasteiger partial charge >= 0.3 is 0 Å². The molecule has 0 aromatic heterocycles. The Morgan fingerprint density at radius 3 is 2.21 bits per heavy atom. The van der Waals surface area contributed by atoms with Gasteiger partial charge < -0.3 is 0 Å². The first kappa shape index (κ1) is 13.3. The maximum atomic E-state index is 3.31. The third-order valence-corrected chi connectivity index (χ3v) is 1.80. The summed E-state index contributed by atoms with van der Waals surface area (Å²) in [6.45, 7) is 10.9. The van der Waals surface area contributed by atoms with Gasteiger partial charge in [0.25, 0.3) is 0 Å². The standard InChI is InChI=1S/C14H24/c1-6-8-10-13(9-7-2)11-12-14(3,4)5/h10H,6-9H2,1-5H3/b13-10+. The van der Waals surface area contributed by atoms with E-state index in [4.69, 9.17) is 0 Å². The second kappa shape index (κ2) is 6.71. The van der Waals surface area contributed by atoms with Gasteiger partial charge in [-0.25, -0.2) is 0 Å². The molecule has 0 radical (unpaired) electrons. The Hall–Kier alpha value is -0.700. The molecule has 0 fully saturated rings. The van der Waals surface area contributed by atoms with E-state index in [2.05, 4.69) is 52.5 Å². The Morgan fingerprint density at radius 1 is 1.14 bits per heavy atom. The molecule has 0 rings (SSSR count). The van der Waals surface area contributed by atoms with Crippen molar-refractivity contribution in [2.75, 3.05) is 0 Å². The summed E-state index contributed by atoms with van der Waals surface area (Å²) >= 11 is 0. The van der Waals surface area contributed by atoms with E-state index in [-0.39, 0.29) is 5.41 Å². The molecule has 0 unspecified atom stereocenters. The minimum absolute atomic E-state index is 0.124. The predicted molar refractivity (Wildman–Crippen MR) is 65.1 cm³/mol. The van der Waals surface area contributed by atoms with Gasteiger partial charge in [-0.2, -0.15) is 0 Å². The molecule has 0 aliphatic carbocycles. The summed E-state index contributed by atoms with van der Waals surface area (Å²) in [7, 11) is 0. The largest absolute Gasteiger partial charge is 0.0923 e. The maximum absolute atomic E-state index is 3.31. The van der Waals surface area contributed by atoms with Crippen LogP contribution < -0.4 is 0 Å². The van der Waals surface area contributed by atoms with Crippen LogP contribution in [0.15, 0.2) is 11.6 Å². The summed E-state index contributed by atoms with van der Waals surface area (Å²) in [5, 5.41) is 0. The fourth-order valence-electron chi connectivity index (χ4n) is 1.07. The third kappa shape index (κ3) is 7.92. The fourth-order valence-corrected chi connectivity index (χ4v) is 1.07. The normalized spacial score (nSPS) is 12.2. The molecule has 0 bridgehead atoms. The Balaban J connectivity index is 4.41. The van der Waals surface area contributed by atoms with E-state index in [1.54, 1.807) is 0 Å². The van der Waals surface area contributed by atoms with Gasteiger partial charge in [0.2, 0.25) is 0 Å². The molecule has 0 heterocycles. The van der Waals surface area contributed by atoms with Crippen LogP contribution in [0.3, 0.4) is 0 Å². The van der Waals surface area contributed by atoms with Gasteiger partial charge in [-0.15, -0.1) is 0 Å². The second-order valence-electron chi connectivity index (χ2n) is 4.77. The Labute approximate surface area is 89.8 Å². The van der Waals surface area contributed by atoms with Crippen LogP contribution in [0, 0.1) is 17.3 Å². The highest BCUT2D eigenvalue weighted by atomic mass is 14.1. The monoisotopic (exact) mass is 192 g/mol. The smallest absolute Gasteiger partial charge is 0.0233 e. The highest BCUT2D eigenvalue weighted by Gasteiger charge is 2.03. The lowest BCUT2D eigenvalue weighted by Gasteiger charge is -2.07. The lowest BCUT2D eigenvalue weighted by molar-refractivity contribution is 0.570. The summed E-state index contributed by atoms with van der Waals surface area (Å²) in [4.78, 5) is 0. The van der Waals surface area contributed by atoms with Gasteiger partial charge in [-0.05, 0) is 39.2 Å². The average Bonchev–Trinajstić information content (AvgIpc) is 2.08. The van der Waals surface area contributed by atoms with Gasteiger partial charge in [-0.1, -0.05) is 44.6 Å². The topological polar surface area (TPSA) is 0 Å². The first-order valence-corrected chi connectivity index (χ1v) is 5.71. The van der Waals surface area contributed by atoms with Crippen molar-refractivity contribution in [2.45, 2.75) is 60.3 Å². The van der Waals surface area contributed by atoms with E-state index in [1.807, 2.05) is 0 Å². The van der Waals surface area contributed by atoms with Gasteiger partial charge in [0, 0.05) is 5.41 Å². The van der Waals surface area contributed by atoms with Crippen LogP contribution in [-0.2, 0) is 0 Å². The molecule has 0 saturated heterocycles. The van der Waals surface area contributed by atoms with Crippen LogP contribution >= 0.6 is 0 Å². The van der Waals surface area contributed by atoms with E-state index in [0.29, 0.717) is 0 Å². The summed E-state index contributed by atoms with van der Waals surface area (Å²) in [5.74, 6) is 6.60. The molecular formula is C14H24. The van der Waals surface area contributed by atoms with Crippen LogP contribution in [0.2, 0.25) is 0 Å². The number of rotatable bonds is 4. The van der Waals surface area contributed by atoms with Crippen molar-refractivity contribution in [1.82, 2.24) is 0 Å². The van der Waals surface area contributed by atoms with Crippen molar-refractivity contribution in [3.63, 3.8) is 0 Å². The van der Waals surface area contributed by atoms with Crippen molar-refractivity contribution in [1.29, 1.82) is 0 Å². The minimum atomic E-state index is 0.124. The molecule has 0 aromatic rings. The molecule has 0 aromatic carbocycles.